The number of ether oxygens (including phenoxy) is 1. The van der Waals surface area contributed by atoms with Crippen LogP contribution in [-0.2, 0) is 9.53 Å². The van der Waals surface area contributed by atoms with Gasteiger partial charge in [0.05, 0.1) is 24.8 Å². The fourth-order valence-electron chi connectivity index (χ4n) is 2.08. The largest absolute Gasteiger partial charge is 0.378 e. The maximum atomic E-state index is 11.9. The molecule has 6 heteroatoms. The highest BCUT2D eigenvalue weighted by Crippen LogP contribution is 2.26. The summed E-state index contributed by atoms with van der Waals surface area (Å²) in [6.45, 7) is 2.48. The Hall–Kier alpha value is -0.430. The number of carbonyl (C=O) groups is 1. The van der Waals surface area contributed by atoms with E-state index in [1.807, 2.05) is 18.2 Å². The molecule has 0 aliphatic carbocycles. The van der Waals surface area contributed by atoms with Gasteiger partial charge in [0.1, 0.15) is 0 Å². The predicted octanol–water partition coefficient (Wildman–Crippen LogP) is 3.31. The monoisotopic (exact) mass is 404 g/mol. The Balaban J connectivity index is 1.72. The summed E-state index contributed by atoms with van der Waals surface area (Å²) >= 11 is 6.80. The summed E-state index contributed by atoms with van der Waals surface area (Å²) in [6, 6.07) is 5.66. The van der Waals surface area contributed by atoms with Gasteiger partial charge >= 0.3 is 0 Å². The first-order valence-corrected chi connectivity index (χ1v) is 8.31. The van der Waals surface area contributed by atoms with E-state index in [-0.39, 0.29) is 5.91 Å². The molecule has 1 aliphatic heterocycles. The van der Waals surface area contributed by atoms with E-state index in [9.17, 15) is 4.79 Å². The van der Waals surface area contributed by atoms with Crippen LogP contribution in [-0.4, -0.2) is 31.7 Å². The molecule has 0 saturated carbocycles. The lowest BCUT2D eigenvalue weighted by Gasteiger charge is -2.22. The summed E-state index contributed by atoms with van der Waals surface area (Å²) in [6.07, 6.45) is 2.73. The Morgan fingerprint density at radius 1 is 1.35 bits per heavy atom. The van der Waals surface area contributed by atoms with Crippen molar-refractivity contribution in [3.63, 3.8) is 0 Å². The zero-order chi connectivity index (χ0) is 14.4. The summed E-state index contributed by atoms with van der Waals surface area (Å²) in [5.74, 6) is -0.0260. The molecule has 2 rings (SSSR count). The zero-order valence-corrected chi connectivity index (χ0v) is 14.3. The number of anilines is 1. The summed E-state index contributed by atoms with van der Waals surface area (Å²) in [7, 11) is 0. The first kappa shape index (κ1) is 15.9. The minimum absolute atomic E-state index is 0.0260. The highest BCUT2D eigenvalue weighted by atomic mass is 79.9. The van der Waals surface area contributed by atoms with E-state index < -0.39 is 0 Å². The first-order chi connectivity index (χ1) is 9.65. The summed E-state index contributed by atoms with van der Waals surface area (Å²) in [5, 5.41) is 6.17. The molecule has 1 aliphatic rings. The van der Waals surface area contributed by atoms with Gasteiger partial charge in [0, 0.05) is 8.95 Å². The van der Waals surface area contributed by atoms with Gasteiger partial charge in [-0.15, -0.1) is 0 Å². The molecule has 1 aromatic rings. The number of rotatable bonds is 5. The van der Waals surface area contributed by atoms with Crippen molar-refractivity contribution in [2.45, 2.75) is 25.4 Å². The fourth-order valence-corrected chi connectivity index (χ4v) is 3.23. The molecule has 0 bridgehead atoms. The number of piperidine rings is 1. The van der Waals surface area contributed by atoms with Crippen LogP contribution in [0.5, 0.6) is 0 Å². The molecule has 4 nitrogen and oxygen atoms in total. The molecule has 2 N–H and O–H groups in total. The lowest BCUT2D eigenvalue weighted by Crippen LogP contribution is -2.33. The van der Waals surface area contributed by atoms with Crippen LogP contribution in [0.25, 0.3) is 0 Å². The van der Waals surface area contributed by atoms with Crippen LogP contribution in [0, 0.1) is 0 Å². The quantitative estimate of drug-likeness (QED) is 0.789. The van der Waals surface area contributed by atoms with Crippen LogP contribution in [0.4, 0.5) is 5.69 Å². The van der Waals surface area contributed by atoms with Crippen molar-refractivity contribution in [1.29, 1.82) is 0 Å². The van der Waals surface area contributed by atoms with E-state index >= 15 is 0 Å². The van der Waals surface area contributed by atoms with Gasteiger partial charge in [-0.05, 0) is 60.1 Å². The van der Waals surface area contributed by atoms with Crippen LogP contribution in [0.3, 0.4) is 0 Å². The second kappa shape index (κ2) is 8.12. The first-order valence-electron chi connectivity index (χ1n) is 6.72. The number of amides is 1. The van der Waals surface area contributed by atoms with Crippen LogP contribution in [0.1, 0.15) is 19.3 Å². The van der Waals surface area contributed by atoms with Crippen LogP contribution >= 0.6 is 31.9 Å². The van der Waals surface area contributed by atoms with Gasteiger partial charge in [0.2, 0.25) is 5.91 Å². The SMILES string of the molecule is O=C(CCOC1CCNCC1)Nc1ccc(Br)cc1Br. The number of halogens is 2. The minimum atomic E-state index is -0.0260. The lowest BCUT2D eigenvalue weighted by atomic mass is 10.1. The molecule has 0 aromatic heterocycles. The molecule has 1 amide bonds. The Bertz CT molecular complexity index is 462. The van der Waals surface area contributed by atoms with Crippen molar-refractivity contribution in [3.05, 3.63) is 27.1 Å². The van der Waals surface area contributed by atoms with Crippen molar-refractivity contribution < 1.29 is 9.53 Å². The van der Waals surface area contributed by atoms with Gasteiger partial charge in [0.15, 0.2) is 0 Å². The fraction of sp³-hybridized carbons (Fsp3) is 0.500. The Kier molecular flexibility index (Phi) is 6.48. The third-order valence-electron chi connectivity index (χ3n) is 3.17. The van der Waals surface area contributed by atoms with Gasteiger partial charge in [0.25, 0.3) is 0 Å². The lowest BCUT2D eigenvalue weighted by molar-refractivity contribution is -0.117. The van der Waals surface area contributed by atoms with Crippen LogP contribution < -0.4 is 10.6 Å². The van der Waals surface area contributed by atoms with E-state index in [4.69, 9.17) is 4.74 Å². The zero-order valence-electron chi connectivity index (χ0n) is 11.1. The Morgan fingerprint density at radius 2 is 2.10 bits per heavy atom. The van der Waals surface area contributed by atoms with E-state index in [1.54, 1.807) is 0 Å². The van der Waals surface area contributed by atoms with Gasteiger partial charge in [-0.1, -0.05) is 15.9 Å². The second-order valence-electron chi connectivity index (χ2n) is 4.74. The summed E-state index contributed by atoms with van der Waals surface area (Å²) in [5.41, 5.74) is 0.778. The molecule has 0 spiro atoms. The molecule has 110 valence electrons. The molecule has 1 heterocycles. The van der Waals surface area contributed by atoms with E-state index in [2.05, 4.69) is 42.5 Å². The Labute approximate surface area is 135 Å². The van der Waals surface area contributed by atoms with Crippen molar-refractivity contribution >= 4 is 43.5 Å². The third-order valence-corrected chi connectivity index (χ3v) is 4.32. The highest BCUT2D eigenvalue weighted by molar-refractivity contribution is 9.11. The smallest absolute Gasteiger partial charge is 0.226 e. The number of hydrogen-bond acceptors (Lipinski definition) is 3. The maximum Gasteiger partial charge on any atom is 0.226 e. The molecule has 1 aromatic carbocycles. The molecule has 0 unspecified atom stereocenters. The van der Waals surface area contributed by atoms with Crippen LogP contribution in [0.15, 0.2) is 27.1 Å². The average molecular weight is 406 g/mol. The Morgan fingerprint density at radius 3 is 2.80 bits per heavy atom. The predicted molar refractivity (Wildman–Crippen MR) is 86.9 cm³/mol. The van der Waals surface area contributed by atoms with E-state index in [0.717, 1.165) is 40.6 Å². The maximum absolute atomic E-state index is 11.9. The molecule has 20 heavy (non-hydrogen) atoms. The van der Waals surface area contributed by atoms with Gasteiger partial charge in [-0.3, -0.25) is 4.79 Å². The molecular weight excluding hydrogens is 388 g/mol. The number of nitrogens with one attached hydrogen (secondary N) is 2. The van der Waals surface area contributed by atoms with Gasteiger partial charge < -0.3 is 15.4 Å². The third kappa shape index (κ3) is 5.16. The van der Waals surface area contributed by atoms with Crippen molar-refractivity contribution in [1.82, 2.24) is 5.32 Å². The highest BCUT2D eigenvalue weighted by Gasteiger charge is 2.14. The van der Waals surface area contributed by atoms with Gasteiger partial charge in [-0.25, -0.2) is 0 Å². The summed E-state index contributed by atoms with van der Waals surface area (Å²) < 4.78 is 7.55. The second-order valence-corrected chi connectivity index (χ2v) is 6.51. The van der Waals surface area contributed by atoms with Crippen LogP contribution in [0.2, 0.25) is 0 Å². The summed E-state index contributed by atoms with van der Waals surface area (Å²) in [4.78, 5) is 11.9. The standard InChI is InChI=1S/C14H18Br2N2O2/c15-10-1-2-13(12(16)9-10)18-14(19)5-8-20-11-3-6-17-7-4-11/h1-2,9,11,17H,3-8H2,(H,18,19). The minimum Gasteiger partial charge on any atom is -0.378 e. The van der Waals surface area contributed by atoms with Crippen molar-refractivity contribution in [2.75, 3.05) is 25.0 Å². The topological polar surface area (TPSA) is 50.4 Å². The van der Waals surface area contributed by atoms with Gasteiger partial charge in [-0.2, -0.15) is 0 Å². The molecule has 0 radical (unpaired) electrons. The van der Waals surface area contributed by atoms with E-state index in [0.29, 0.717) is 19.1 Å². The number of benzene rings is 1. The van der Waals surface area contributed by atoms with Crippen molar-refractivity contribution in [2.24, 2.45) is 0 Å². The van der Waals surface area contributed by atoms with E-state index in [1.165, 1.54) is 0 Å². The molecule has 1 fully saturated rings. The molecular formula is C14H18Br2N2O2. The molecule has 1 saturated heterocycles. The normalized spacial score (nSPS) is 16.1. The number of carbonyl (C=O) groups excluding carboxylic acids is 1. The molecule has 0 atom stereocenters. The van der Waals surface area contributed by atoms with Crippen molar-refractivity contribution in [3.8, 4) is 0 Å². The average Bonchev–Trinajstić information content (AvgIpc) is 2.43. The number of hydrogen-bond donors (Lipinski definition) is 2.